The van der Waals surface area contributed by atoms with Gasteiger partial charge in [-0.1, -0.05) is 17.7 Å². The van der Waals surface area contributed by atoms with Gasteiger partial charge in [-0.05, 0) is 46.9 Å². The first-order valence-electron chi connectivity index (χ1n) is 5.50. The molecular weight excluding hydrogens is 413 g/mol. The molecule has 0 aliphatic heterocycles. The van der Waals surface area contributed by atoms with Crippen LogP contribution < -0.4 is 4.90 Å². The summed E-state index contributed by atoms with van der Waals surface area (Å²) in [7, 11) is 0. The third-order valence-corrected chi connectivity index (χ3v) is 4.50. The van der Waals surface area contributed by atoms with Gasteiger partial charge in [-0.15, -0.1) is 11.3 Å². The summed E-state index contributed by atoms with van der Waals surface area (Å²) < 4.78 is 0.965. The lowest BCUT2D eigenvalue weighted by atomic mass is 10.2. The zero-order valence-electron chi connectivity index (χ0n) is 10.0. The van der Waals surface area contributed by atoms with E-state index in [9.17, 15) is 9.59 Å². The summed E-state index contributed by atoms with van der Waals surface area (Å²) in [5.41, 5.74) is 0.937. The van der Waals surface area contributed by atoms with Crippen molar-refractivity contribution in [1.82, 2.24) is 0 Å². The number of carbonyl (C=O) groups excluding carboxylic acids is 1. The molecule has 4 nitrogen and oxygen atoms in total. The Bertz CT molecular complexity index is 659. The lowest BCUT2D eigenvalue weighted by Crippen LogP contribution is -2.35. The first-order valence-corrected chi connectivity index (χ1v) is 7.84. The Morgan fingerprint density at radius 3 is 2.65 bits per heavy atom. The minimum absolute atomic E-state index is 0.353. The van der Waals surface area contributed by atoms with Gasteiger partial charge in [-0.25, -0.2) is 0 Å². The highest BCUT2D eigenvalue weighted by atomic mass is 127. The van der Waals surface area contributed by atoms with Crippen molar-refractivity contribution in [3.63, 3.8) is 0 Å². The molecule has 0 bridgehead atoms. The molecule has 0 saturated carbocycles. The first-order chi connectivity index (χ1) is 9.47. The van der Waals surface area contributed by atoms with Crippen LogP contribution in [0.15, 0.2) is 35.7 Å². The van der Waals surface area contributed by atoms with Crippen LogP contribution in [0.1, 0.15) is 10.4 Å². The Labute approximate surface area is 138 Å². The van der Waals surface area contributed by atoms with Gasteiger partial charge in [-0.3, -0.25) is 14.5 Å². The zero-order valence-corrected chi connectivity index (χ0v) is 13.8. The van der Waals surface area contributed by atoms with E-state index in [4.69, 9.17) is 16.7 Å². The molecule has 0 atom stereocenters. The zero-order chi connectivity index (χ0) is 14.7. The summed E-state index contributed by atoms with van der Waals surface area (Å²) >= 11 is 9.44. The van der Waals surface area contributed by atoms with Crippen molar-refractivity contribution in [3.05, 3.63) is 49.2 Å². The minimum atomic E-state index is -1.08. The van der Waals surface area contributed by atoms with Crippen LogP contribution in [0.2, 0.25) is 5.02 Å². The molecule has 1 heterocycles. The molecule has 104 valence electrons. The van der Waals surface area contributed by atoms with Crippen molar-refractivity contribution in [1.29, 1.82) is 0 Å². The fourth-order valence-electron chi connectivity index (χ4n) is 1.64. The third-order valence-electron chi connectivity index (χ3n) is 2.47. The number of carbonyl (C=O) groups is 2. The Morgan fingerprint density at radius 1 is 1.35 bits per heavy atom. The largest absolute Gasteiger partial charge is 0.480 e. The van der Waals surface area contributed by atoms with Crippen LogP contribution >= 0.6 is 45.5 Å². The number of aliphatic carboxylic acids is 1. The van der Waals surface area contributed by atoms with Gasteiger partial charge in [0, 0.05) is 16.1 Å². The van der Waals surface area contributed by atoms with E-state index in [1.54, 1.807) is 35.7 Å². The predicted octanol–water partition coefficient (Wildman–Crippen LogP) is 3.74. The van der Waals surface area contributed by atoms with Crippen LogP contribution in [0, 0.1) is 2.88 Å². The van der Waals surface area contributed by atoms with E-state index < -0.39 is 12.5 Å². The van der Waals surface area contributed by atoms with Gasteiger partial charge >= 0.3 is 5.97 Å². The molecule has 0 fully saturated rings. The number of carboxylic acids is 1. The van der Waals surface area contributed by atoms with E-state index in [0.29, 0.717) is 16.3 Å². The van der Waals surface area contributed by atoms with E-state index in [-0.39, 0.29) is 5.91 Å². The van der Waals surface area contributed by atoms with Crippen LogP contribution in [0.4, 0.5) is 5.69 Å². The normalized spacial score (nSPS) is 10.3. The molecule has 1 aromatic heterocycles. The molecule has 0 aliphatic rings. The summed E-state index contributed by atoms with van der Waals surface area (Å²) in [6.45, 7) is -0.411. The summed E-state index contributed by atoms with van der Waals surface area (Å²) in [5, 5.41) is 11.2. The molecule has 0 saturated heterocycles. The van der Waals surface area contributed by atoms with E-state index in [1.165, 1.54) is 16.2 Å². The van der Waals surface area contributed by atoms with Gasteiger partial charge in [0.2, 0.25) is 0 Å². The molecule has 1 aromatic carbocycles. The Hall–Kier alpha value is -1.12. The van der Waals surface area contributed by atoms with Crippen LogP contribution in [0.5, 0.6) is 0 Å². The van der Waals surface area contributed by atoms with Crippen molar-refractivity contribution in [3.8, 4) is 0 Å². The minimum Gasteiger partial charge on any atom is -0.480 e. The molecule has 0 spiro atoms. The van der Waals surface area contributed by atoms with Crippen molar-refractivity contribution < 1.29 is 14.7 Å². The van der Waals surface area contributed by atoms with Crippen molar-refractivity contribution in [2.24, 2.45) is 0 Å². The average Bonchev–Trinajstić information content (AvgIpc) is 2.81. The van der Waals surface area contributed by atoms with Crippen LogP contribution in [-0.4, -0.2) is 23.5 Å². The molecule has 0 radical (unpaired) electrons. The number of hydrogen-bond donors (Lipinski definition) is 1. The second-order valence-corrected chi connectivity index (χ2v) is 7.15. The average molecular weight is 422 g/mol. The smallest absolute Gasteiger partial charge is 0.323 e. The Balaban J connectivity index is 2.37. The quantitative estimate of drug-likeness (QED) is 0.765. The van der Waals surface area contributed by atoms with E-state index >= 15 is 0 Å². The summed E-state index contributed by atoms with van der Waals surface area (Å²) in [6, 6.07) is 8.30. The third kappa shape index (κ3) is 3.71. The molecule has 1 amide bonds. The highest BCUT2D eigenvalue weighted by Gasteiger charge is 2.21. The molecule has 0 aliphatic carbocycles. The number of amides is 1. The van der Waals surface area contributed by atoms with Crippen molar-refractivity contribution in [2.45, 2.75) is 0 Å². The Kier molecular flexibility index (Phi) is 5.00. The van der Waals surface area contributed by atoms with Crippen molar-refractivity contribution in [2.75, 3.05) is 11.4 Å². The maximum Gasteiger partial charge on any atom is 0.323 e. The number of benzene rings is 1. The van der Waals surface area contributed by atoms with Gasteiger partial charge in [0.15, 0.2) is 0 Å². The lowest BCUT2D eigenvalue weighted by molar-refractivity contribution is -0.135. The van der Waals surface area contributed by atoms with Crippen molar-refractivity contribution >= 4 is 63.1 Å². The molecule has 7 heteroatoms. The van der Waals surface area contributed by atoms with Crippen LogP contribution in [0.3, 0.4) is 0 Å². The fourth-order valence-corrected chi connectivity index (χ4v) is 3.14. The summed E-state index contributed by atoms with van der Waals surface area (Å²) in [4.78, 5) is 24.6. The number of hydrogen-bond acceptors (Lipinski definition) is 3. The van der Waals surface area contributed by atoms with E-state index in [0.717, 1.165) is 2.88 Å². The molecular formula is C13H9ClINO3S. The number of nitrogens with zero attached hydrogens (tertiary/aromatic N) is 1. The molecule has 1 N–H and O–H groups in total. The van der Waals surface area contributed by atoms with E-state index in [1.807, 2.05) is 0 Å². The topological polar surface area (TPSA) is 57.6 Å². The van der Waals surface area contributed by atoms with Crippen LogP contribution in [0.25, 0.3) is 0 Å². The maximum atomic E-state index is 12.4. The second kappa shape index (κ2) is 6.55. The molecule has 0 unspecified atom stereocenters. The predicted molar refractivity (Wildman–Crippen MR) is 87.8 cm³/mol. The van der Waals surface area contributed by atoms with Gasteiger partial charge in [0.1, 0.15) is 6.54 Å². The standard InChI is InChI=1S/C13H9ClINO3S/c14-9-2-1-3-10(5-9)16(6-12(17)18)13(19)8-4-11(15)20-7-8/h1-5,7H,6H2,(H,17,18). The summed E-state index contributed by atoms with van der Waals surface area (Å²) in [6.07, 6.45) is 0. The van der Waals surface area contributed by atoms with Gasteiger partial charge in [-0.2, -0.15) is 0 Å². The van der Waals surface area contributed by atoms with Gasteiger partial charge in [0.05, 0.1) is 8.45 Å². The summed E-state index contributed by atoms with van der Waals surface area (Å²) in [5.74, 6) is -1.43. The first kappa shape index (κ1) is 15.3. The number of carboxylic acid groups (broad SMARTS) is 1. The SMILES string of the molecule is O=C(O)CN(C(=O)c1csc(I)c1)c1cccc(Cl)c1. The van der Waals surface area contributed by atoms with Crippen LogP contribution in [-0.2, 0) is 4.79 Å². The lowest BCUT2D eigenvalue weighted by Gasteiger charge is -2.20. The fraction of sp³-hybridized carbons (Fsp3) is 0.0769. The number of thiophene rings is 1. The highest BCUT2D eigenvalue weighted by molar-refractivity contribution is 14.1. The number of halogens is 2. The number of anilines is 1. The van der Waals surface area contributed by atoms with E-state index in [2.05, 4.69) is 22.6 Å². The maximum absolute atomic E-state index is 12.4. The highest BCUT2D eigenvalue weighted by Crippen LogP contribution is 2.24. The Morgan fingerprint density at radius 2 is 2.10 bits per heavy atom. The van der Waals surface area contributed by atoms with Gasteiger partial charge < -0.3 is 5.11 Å². The van der Waals surface area contributed by atoms with Gasteiger partial charge in [0.25, 0.3) is 5.91 Å². The molecule has 20 heavy (non-hydrogen) atoms. The molecule has 2 aromatic rings. The monoisotopic (exact) mass is 421 g/mol. The number of rotatable bonds is 4. The molecule has 2 rings (SSSR count). The second-order valence-electron chi connectivity index (χ2n) is 3.90.